The number of aromatic nitrogens is 1. The number of anilines is 3. The van der Waals surface area contributed by atoms with E-state index >= 15 is 0 Å². The maximum absolute atomic E-state index is 13.5. The number of thioether (sulfide) groups is 1. The number of nitrogens with zero attached hydrogens (tertiary/aromatic N) is 5. The molecule has 15 heteroatoms. The maximum Gasteiger partial charge on any atom is 0.339 e. The molecule has 1 unspecified atom stereocenters. The highest BCUT2D eigenvalue weighted by molar-refractivity contribution is 7.99. The Hall–Kier alpha value is -5.61. The summed E-state index contributed by atoms with van der Waals surface area (Å²) >= 11 is -1.45. The van der Waals surface area contributed by atoms with Crippen molar-refractivity contribution in [2.24, 2.45) is 0 Å². The van der Waals surface area contributed by atoms with E-state index in [-0.39, 0.29) is 29.2 Å². The zero-order valence-electron chi connectivity index (χ0n) is 30.0. The molecule has 0 saturated carbocycles. The third kappa shape index (κ3) is 9.93. The van der Waals surface area contributed by atoms with Crippen LogP contribution in [0.3, 0.4) is 0 Å². The van der Waals surface area contributed by atoms with E-state index in [0.717, 1.165) is 59.5 Å². The minimum Gasteiger partial charge on any atom is -0.755 e. The third-order valence-electron chi connectivity index (χ3n) is 9.00. The summed E-state index contributed by atoms with van der Waals surface area (Å²) in [7, 11) is 0. The molecule has 1 amide bonds. The molecule has 6 rings (SSSR count). The lowest BCUT2D eigenvalue weighted by Crippen LogP contribution is -2.46. The molecule has 0 spiro atoms. The number of pyridine rings is 1. The van der Waals surface area contributed by atoms with Gasteiger partial charge in [-0.3, -0.25) is 29.0 Å². The summed E-state index contributed by atoms with van der Waals surface area (Å²) in [5.74, 6) is -0.595. The normalized spacial score (nSPS) is 13.5. The van der Waals surface area contributed by atoms with Crippen LogP contribution in [0.25, 0.3) is 11.1 Å². The molecule has 1 fully saturated rings. The predicted molar refractivity (Wildman–Crippen MR) is 214 cm³/mol. The molecular formula is C40H39N6O7S2-. The van der Waals surface area contributed by atoms with E-state index in [9.17, 15) is 28.5 Å². The number of esters is 1. The van der Waals surface area contributed by atoms with Gasteiger partial charge in [-0.1, -0.05) is 42.5 Å². The number of ether oxygens (including phenoxy) is 1. The molecule has 1 N–H and O–H groups in total. The SMILES string of the molecule is CCOC(=O)c1cncc(-c2ccccc2CN2CCN(c3ccc(C(=O)N(c4ccc(NCCSc5ccccc5)c([N+](=O)[O-])c4)S(=O)[O-])cc3)CC2)c1. The van der Waals surface area contributed by atoms with Crippen LogP contribution < -0.4 is 14.5 Å². The van der Waals surface area contributed by atoms with Gasteiger partial charge in [0, 0.05) is 85.2 Å². The molecule has 0 aliphatic carbocycles. The Morgan fingerprint density at radius 1 is 0.927 bits per heavy atom. The molecule has 0 radical (unpaired) electrons. The predicted octanol–water partition coefficient (Wildman–Crippen LogP) is 6.80. The average molecular weight is 780 g/mol. The van der Waals surface area contributed by atoms with E-state index in [1.54, 1.807) is 55.2 Å². The molecule has 1 aliphatic rings. The third-order valence-corrected chi connectivity index (χ3v) is 10.7. The summed E-state index contributed by atoms with van der Waals surface area (Å²) in [6.07, 6.45) is 3.25. The maximum atomic E-state index is 13.5. The van der Waals surface area contributed by atoms with Crippen molar-refractivity contribution in [1.82, 2.24) is 9.88 Å². The molecule has 2 heterocycles. The van der Waals surface area contributed by atoms with Crippen LogP contribution in [-0.2, 0) is 22.5 Å². The highest BCUT2D eigenvalue weighted by Crippen LogP contribution is 2.32. The quantitative estimate of drug-likeness (QED) is 0.0296. The van der Waals surface area contributed by atoms with Gasteiger partial charge in [-0.05, 0) is 72.6 Å². The van der Waals surface area contributed by atoms with Crippen LogP contribution in [0.2, 0.25) is 0 Å². The Bertz CT molecular complexity index is 2150. The fourth-order valence-electron chi connectivity index (χ4n) is 6.28. The number of hydrogen-bond acceptors (Lipinski definition) is 12. The Labute approximate surface area is 325 Å². The van der Waals surface area contributed by atoms with Crippen LogP contribution in [0.15, 0.2) is 120 Å². The van der Waals surface area contributed by atoms with Gasteiger partial charge >= 0.3 is 5.97 Å². The van der Waals surface area contributed by atoms with Crippen molar-refractivity contribution in [3.63, 3.8) is 0 Å². The monoisotopic (exact) mass is 779 g/mol. The number of rotatable bonds is 15. The van der Waals surface area contributed by atoms with E-state index in [2.05, 4.69) is 26.2 Å². The fourth-order valence-corrected chi connectivity index (χ4v) is 7.60. The van der Waals surface area contributed by atoms with E-state index < -0.39 is 28.1 Å². The van der Waals surface area contributed by atoms with Crippen LogP contribution in [0.5, 0.6) is 0 Å². The van der Waals surface area contributed by atoms with Crippen LogP contribution in [0.4, 0.5) is 22.7 Å². The number of benzene rings is 4. The first-order chi connectivity index (χ1) is 26.7. The van der Waals surface area contributed by atoms with Crippen molar-refractivity contribution in [2.45, 2.75) is 18.4 Å². The van der Waals surface area contributed by atoms with Crippen LogP contribution in [-0.4, -0.2) is 80.5 Å². The number of amides is 1. The minimum absolute atomic E-state index is 0.118. The van der Waals surface area contributed by atoms with Gasteiger partial charge in [0.1, 0.15) is 5.69 Å². The number of nitro groups is 1. The molecular weight excluding hydrogens is 741 g/mol. The van der Waals surface area contributed by atoms with Gasteiger partial charge in [0.25, 0.3) is 11.6 Å². The fraction of sp³-hybridized carbons (Fsp3) is 0.225. The molecule has 0 bridgehead atoms. The van der Waals surface area contributed by atoms with Gasteiger partial charge in [-0.25, -0.2) is 9.10 Å². The standard InChI is InChI=1S/C40H40N6O7S2/c1-2-53-40(48)32-24-31(26-41-27-32)36-11-7-6-8-30(36)28-43-19-21-44(22-20-43)33-14-12-29(13-15-33)39(47)45(55(51)52)34-16-17-37(38(25-34)46(49)50)42-18-23-54-35-9-4-3-5-10-35/h3-17,24-27,42H,2,18-23,28H2,1H3,(H,51,52)/p-1. The largest absolute Gasteiger partial charge is 0.755 e. The van der Waals surface area contributed by atoms with E-state index in [0.29, 0.717) is 28.7 Å². The zero-order valence-corrected chi connectivity index (χ0v) is 31.7. The molecule has 284 valence electrons. The molecule has 1 aliphatic heterocycles. The number of hydrogen-bond donors (Lipinski definition) is 1. The molecule has 1 saturated heterocycles. The highest BCUT2D eigenvalue weighted by Gasteiger charge is 2.25. The Morgan fingerprint density at radius 2 is 1.65 bits per heavy atom. The zero-order chi connectivity index (χ0) is 38.7. The summed E-state index contributed by atoms with van der Waals surface area (Å²) in [6, 6.07) is 30.1. The van der Waals surface area contributed by atoms with E-state index in [1.165, 1.54) is 18.3 Å². The highest BCUT2D eigenvalue weighted by atomic mass is 32.2. The van der Waals surface area contributed by atoms with Gasteiger partial charge in [-0.2, -0.15) is 0 Å². The second-order valence-electron chi connectivity index (χ2n) is 12.5. The van der Waals surface area contributed by atoms with Crippen molar-refractivity contribution < 1.29 is 28.0 Å². The molecule has 1 aromatic heterocycles. The first-order valence-electron chi connectivity index (χ1n) is 17.6. The summed E-state index contributed by atoms with van der Waals surface area (Å²) < 4.78 is 30.4. The molecule has 4 aromatic carbocycles. The van der Waals surface area contributed by atoms with Crippen molar-refractivity contribution in [2.75, 3.05) is 59.6 Å². The van der Waals surface area contributed by atoms with Crippen molar-refractivity contribution in [1.29, 1.82) is 0 Å². The molecule has 13 nitrogen and oxygen atoms in total. The second-order valence-corrected chi connectivity index (χ2v) is 14.5. The van der Waals surface area contributed by atoms with Crippen LogP contribution in [0, 0.1) is 10.1 Å². The van der Waals surface area contributed by atoms with Gasteiger partial charge in [-0.15, -0.1) is 11.8 Å². The molecule has 55 heavy (non-hydrogen) atoms. The Morgan fingerprint density at radius 3 is 2.36 bits per heavy atom. The summed E-state index contributed by atoms with van der Waals surface area (Å²) in [6.45, 7) is 6.17. The summed E-state index contributed by atoms with van der Waals surface area (Å²) in [4.78, 5) is 47.1. The number of carbonyl (C=O) groups is 2. The van der Waals surface area contributed by atoms with Gasteiger partial charge < -0.3 is 19.5 Å². The second kappa shape index (κ2) is 18.6. The average Bonchev–Trinajstić information content (AvgIpc) is 3.21. The number of carbonyl (C=O) groups excluding carboxylic acids is 2. The Kier molecular flexibility index (Phi) is 13.2. The smallest absolute Gasteiger partial charge is 0.339 e. The number of nitro benzene ring substituents is 1. The van der Waals surface area contributed by atoms with Gasteiger partial charge in [0.2, 0.25) is 0 Å². The lowest BCUT2D eigenvalue weighted by molar-refractivity contribution is -0.383. The Balaban J connectivity index is 1.07. The lowest BCUT2D eigenvalue weighted by atomic mass is 9.99. The lowest BCUT2D eigenvalue weighted by Gasteiger charge is -2.36. The molecule has 5 aromatic rings. The topological polar surface area (TPSA) is 161 Å². The minimum atomic E-state index is -3.04. The first kappa shape index (κ1) is 39.1. The van der Waals surface area contributed by atoms with E-state index in [4.69, 9.17) is 4.74 Å². The van der Waals surface area contributed by atoms with Gasteiger partial charge in [0.15, 0.2) is 0 Å². The van der Waals surface area contributed by atoms with Crippen LogP contribution >= 0.6 is 11.8 Å². The van der Waals surface area contributed by atoms with Crippen LogP contribution in [0.1, 0.15) is 33.2 Å². The molecule has 1 atom stereocenters. The van der Waals surface area contributed by atoms with Gasteiger partial charge in [0.05, 0.1) is 34.0 Å². The summed E-state index contributed by atoms with van der Waals surface area (Å²) in [5, 5.41) is 15.0. The van der Waals surface area contributed by atoms with Crippen molar-refractivity contribution in [3.8, 4) is 11.1 Å². The first-order valence-corrected chi connectivity index (χ1v) is 19.7. The number of piperazine rings is 1. The summed E-state index contributed by atoms with van der Waals surface area (Å²) in [5.41, 5.74) is 4.08. The van der Waals surface area contributed by atoms with Crippen molar-refractivity contribution >= 4 is 57.7 Å². The van der Waals surface area contributed by atoms with E-state index in [1.807, 2.05) is 48.5 Å². The number of nitrogens with one attached hydrogen (secondary N) is 1. The van der Waals surface area contributed by atoms with Crippen molar-refractivity contribution in [3.05, 3.63) is 142 Å².